The summed E-state index contributed by atoms with van der Waals surface area (Å²) in [6.07, 6.45) is -1.10. The van der Waals surface area contributed by atoms with Gasteiger partial charge in [0.25, 0.3) is 11.6 Å². The SMILES string of the molecule is C[C@H](OC(=O)c1cccc([N+](=O)[O-])c1)C(=O)Nc1nc(-c2ccccc2)cs1. The lowest BCUT2D eigenvalue weighted by molar-refractivity contribution is -0.384. The number of nitrogens with one attached hydrogen (secondary N) is 1. The van der Waals surface area contributed by atoms with Crippen LogP contribution in [0.4, 0.5) is 10.8 Å². The zero-order valence-corrected chi connectivity index (χ0v) is 15.5. The molecule has 0 saturated carbocycles. The summed E-state index contributed by atoms with van der Waals surface area (Å²) in [4.78, 5) is 38.9. The Kier molecular flexibility index (Phi) is 5.75. The highest BCUT2D eigenvalue weighted by Gasteiger charge is 2.21. The Morgan fingerprint density at radius 2 is 1.93 bits per heavy atom. The van der Waals surface area contributed by atoms with Crippen LogP contribution in [0, 0.1) is 10.1 Å². The van der Waals surface area contributed by atoms with Crippen LogP contribution in [0.15, 0.2) is 60.0 Å². The molecule has 0 unspecified atom stereocenters. The number of hydrogen-bond acceptors (Lipinski definition) is 7. The lowest BCUT2D eigenvalue weighted by Gasteiger charge is -2.12. The molecule has 1 amide bonds. The van der Waals surface area contributed by atoms with Gasteiger partial charge in [0.1, 0.15) is 0 Å². The van der Waals surface area contributed by atoms with Gasteiger partial charge in [-0.25, -0.2) is 9.78 Å². The zero-order chi connectivity index (χ0) is 20.1. The molecular formula is C19H15N3O5S. The van der Waals surface area contributed by atoms with Gasteiger partial charge in [0.15, 0.2) is 11.2 Å². The van der Waals surface area contributed by atoms with Gasteiger partial charge in [-0.1, -0.05) is 36.4 Å². The second-order valence-corrected chi connectivity index (χ2v) is 6.61. The van der Waals surface area contributed by atoms with E-state index >= 15 is 0 Å². The maximum atomic E-state index is 12.3. The van der Waals surface area contributed by atoms with Crippen molar-refractivity contribution in [1.29, 1.82) is 0 Å². The predicted molar refractivity (Wildman–Crippen MR) is 104 cm³/mol. The van der Waals surface area contributed by atoms with Gasteiger partial charge >= 0.3 is 5.97 Å². The van der Waals surface area contributed by atoms with Crippen LogP contribution in [0.25, 0.3) is 11.3 Å². The number of non-ortho nitro benzene ring substituents is 1. The smallest absolute Gasteiger partial charge is 0.339 e. The van der Waals surface area contributed by atoms with Crippen molar-refractivity contribution in [3.05, 3.63) is 75.7 Å². The van der Waals surface area contributed by atoms with Crippen LogP contribution in [-0.2, 0) is 9.53 Å². The summed E-state index contributed by atoms with van der Waals surface area (Å²) in [6.45, 7) is 1.41. The van der Waals surface area contributed by atoms with Crippen LogP contribution in [-0.4, -0.2) is 27.9 Å². The number of hydrogen-bond donors (Lipinski definition) is 1. The van der Waals surface area contributed by atoms with Crippen LogP contribution in [0.2, 0.25) is 0 Å². The quantitative estimate of drug-likeness (QED) is 0.383. The molecule has 1 heterocycles. The van der Waals surface area contributed by atoms with Crippen LogP contribution >= 0.6 is 11.3 Å². The van der Waals surface area contributed by atoms with Crippen molar-refractivity contribution in [2.45, 2.75) is 13.0 Å². The topological polar surface area (TPSA) is 111 Å². The molecule has 3 aromatic rings. The molecule has 28 heavy (non-hydrogen) atoms. The van der Waals surface area contributed by atoms with E-state index in [4.69, 9.17) is 4.74 Å². The first-order chi connectivity index (χ1) is 13.4. The summed E-state index contributed by atoms with van der Waals surface area (Å²) in [5.41, 5.74) is 1.41. The van der Waals surface area contributed by atoms with E-state index in [1.54, 1.807) is 0 Å². The molecule has 0 aliphatic heterocycles. The van der Waals surface area contributed by atoms with E-state index in [0.717, 1.165) is 17.3 Å². The van der Waals surface area contributed by atoms with E-state index in [2.05, 4.69) is 10.3 Å². The van der Waals surface area contributed by atoms with Crippen LogP contribution < -0.4 is 5.32 Å². The van der Waals surface area contributed by atoms with Gasteiger partial charge in [-0.15, -0.1) is 11.3 Å². The number of ether oxygens (including phenoxy) is 1. The highest BCUT2D eigenvalue weighted by Crippen LogP contribution is 2.24. The van der Waals surface area contributed by atoms with Gasteiger partial charge in [-0.2, -0.15) is 0 Å². The van der Waals surface area contributed by atoms with Crippen molar-refractivity contribution < 1.29 is 19.2 Å². The Morgan fingerprint density at radius 1 is 1.18 bits per heavy atom. The standard InChI is InChI=1S/C19H15N3O5S/c1-12(27-18(24)14-8-5-9-15(10-14)22(25)26)17(23)21-19-20-16(11-28-19)13-6-3-2-4-7-13/h2-12H,1H3,(H,20,21,23)/t12-/m0/s1. The molecular weight excluding hydrogens is 382 g/mol. The number of anilines is 1. The third-order valence-electron chi connectivity index (χ3n) is 3.75. The Morgan fingerprint density at radius 3 is 2.64 bits per heavy atom. The third-order valence-corrected chi connectivity index (χ3v) is 4.51. The van der Waals surface area contributed by atoms with E-state index in [-0.39, 0.29) is 11.3 Å². The van der Waals surface area contributed by atoms with E-state index in [0.29, 0.717) is 5.13 Å². The molecule has 3 rings (SSSR count). The summed E-state index contributed by atoms with van der Waals surface area (Å²) in [7, 11) is 0. The van der Waals surface area contributed by atoms with Gasteiger partial charge in [-0.3, -0.25) is 20.2 Å². The van der Waals surface area contributed by atoms with Gasteiger partial charge in [0.05, 0.1) is 16.2 Å². The Balaban J connectivity index is 1.62. The minimum Gasteiger partial charge on any atom is -0.449 e. The molecule has 1 aromatic heterocycles. The molecule has 0 aliphatic carbocycles. The normalized spacial score (nSPS) is 11.5. The summed E-state index contributed by atoms with van der Waals surface area (Å²) < 4.78 is 5.10. The van der Waals surface area contributed by atoms with Gasteiger partial charge in [-0.05, 0) is 13.0 Å². The van der Waals surface area contributed by atoms with E-state index in [1.165, 1.54) is 36.5 Å². The number of amides is 1. The first kappa shape index (κ1) is 19.2. The van der Waals surface area contributed by atoms with Crippen LogP contribution in [0.3, 0.4) is 0 Å². The average molecular weight is 397 g/mol. The number of benzene rings is 2. The molecule has 0 bridgehead atoms. The zero-order valence-electron chi connectivity index (χ0n) is 14.7. The number of carbonyl (C=O) groups excluding carboxylic acids is 2. The third kappa shape index (κ3) is 4.57. The van der Waals surface area contributed by atoms with Gasteiger partial charge in [0.2, 0.25) is 0 Å². The highest BCUT2D eigenvalue weighted by atomic mass is 32.1. The van der Waals surface area contributed by atoms with Crippen molar-refractivity contribution in [2.24, 2.45) is 0 Å². The molecule has 1 atom stereocenters. The van der Waals surface area contributed by atoms with Gasteiger partial charge < -0.3 is 4.74 Å². The molecule has 9 heteroatoms. The molecule has 0 fully saturated rings. The molecule has 1 N–H and O–H groups in total. The van der Waals surface area contributed by atoms with Crippen LogP contribution in [0.5, 0.6) is 0 Å². The van der Waals surface area contributed by atoms with E-state index in [1.807, 2.05) is 35.7 Å². The predicted octanol–water partition coefficient (Wildman–Crippen LogP) is 3.90. The van der Waals surface area contributed by atoms with Crippen molar-refractivity contribution in [3.63, 3.8) is 0 Å². The number of aromatic nitrogens is 1. The number of nitro groups is 1. The van der Waals surface area contributed by atoms with Crippen molar-refractivity contribution in [3.8, 4) is 11.3 Å². The van der Waals surface area contributed by atoms with Crippen molar-refractivity contribution >= 4 is 34.0 Å². The molecule has 8 nitrogen and oxygen atoms in total. The van der Waals surface area contributed by atoms with Crippen molar-refractivity contribution in [1.82, 2.24) is 4.98 Å². The molecule has 0 spiro atoms. The molecule has 2 aromatic carbocycles. The second-order valence-electron chi connectivity index (χ2n) is 5.75. The molecule has 142 valence electrons. The van der Waals surface area contributed by atoms with Crippen molar-refractivity contribution in [2.75, 3.05) is 5.32 Å². The lowest BCUT2D eigenvalue weighted by Crippen LogP contribution is -2.30. The first-order valence-electron chi connectivity index (χ1n) is 8.21. The minimum atomic E-state index is -1.10. The Bertz CT molecular complexity index is 1020. The van der Waals surface area contributed by atoms with Gasteiger partial charge in [0, 0.05) is 23.1 Å². The monoisotopic (exact) mass is 397 g/mol. The number of carbonyl (C=O) groups is 2. The maximum Gasteiger partial charge on any atom is 0.339 e. The van der Waals surface area contributed by atoms with E-state index < -0.39 is 22.9 Å². The summed E-state index contributed by atoms with van der Waals surface area (Å²) in [5, 5.41) is 15.6. The largest absolute Gasteiger partial charge is 0.449 e. The summed E-state index contributed by atoms with van der Waals surface area (Å²) in [5.74, 6) is -1.37. The molecule has 0 aliphatic rings. The number of nitrogens with zero attached hydrogens (tertiary/aromatic N) is 2. The fraction of sp³-hybridized carbons (Fsp3) is 0.105. The summed E-state index contributed by atoms with van der Waals surface area (Å²) in [6, 6.07) is 14.6. The fourth-order valence-corrected chi connectivity index (χ4v) is 3.03. The number of rotatable bonds is 6. The maximum absolute atomic E-state index is 12.3. The average Bonchev–Trinajstić information content (AvgIpc) is 3.17. The highest BCUT2D eigenvalue weighted by molar-refractivity contribution is 7.14. The minimum absolute atomic E-state index is 0.00513. The molecule has 0 radical (unpaired) electrons. The number of nitro benzene ring substituents is 1. The summed E-state index contributed by atoms with van der Waals surface area (Å²) >= 11 is 1.25. The van der Waals surface area contributed by atoms with Crippen LogP contribution in [0.1, 0.15) is 17.3 Å². The Labute approximate surface area is 164 Å². The first-order valence-corrected chi connectivity index (χ1v) is 9.09. The second kappa shape index (κ2) is 8.40. The van der Waals surface area contributed by atoms with E-state index in [9.17, 15) is 19.7 Å². The number of esters is 1. The number of thiazole rings is 1. The Hall–Kier alpha value is -3.59. The fourth-order valence-electron chi connectivity index (χ4n) is 2.31. The lowest BCUT2D eigenvalue weighted by atomic mass is 10.2. The molecule has 0 saturated heterocycles.